The summed E-state index contributed by atoms with van der Waals surface area (Å²) in [6.45, 7) is 8.25. The number of nitrogens with zero attached hydrogens (tertiary/aromatic N) is 1. The van der Waals surface area contributed by atoms with Crippen molar-refractivity contribution in [3.63, 3.8) is 0 Å². The van der Waals surface area contributed by atoms with Gasteiger partial charge in [0.15, 0.2) is 0 Å². The Balaban J connectivity index is 2.06. The Morgan fingerprint density at radius 2 is 1.67 bits per heavy atom. The van der Waals surface area contributed by atoms with Crippen LogP contribution in [0.3, 0.4) is 0 Å². The Morgan fingerprint density at radius 3 is 2.33 bits per heavy atom. The van der Waals surface area contributed by atoms with Crippen LogP contribution in [-0.2, 0) is 5.41 Å². The molecule has 0 saturated heterocycles. The van der Waals surface area contributed by atoms with Crippen LogP contribution in [0.15, 0.2) is 24.3 Å². The Labute approximate surface area is 111 Å². The fraction of sp³-hybridized carbons (Fsp3) is 0.647. The minimum absolute atomic E-state index is 0.233. The van der Waals surface area contributed by atoms with E-state index in [9.17, 15) is 0 Å². The highest BCUT2D eigenvalue weighted by atomic mass is 15.2. The molecular formula is C17H25N. The zero-order valence-corrected chi connectivity index (χ0v) is 12.0. The minimum Gasteiger partial charge on any atom is -0.366 e. The van der Waals surface area contributed by atoms with E-state index in [-0.39, 0.29) is 5.54 Å². The third-order valence-corrected chi connectivity index (χ3v) is 4.85. The number of hydrogen-bond donors (Lipinski definition) is 0. The van der Waals surface area contributed by atoms with Gasteiger partial charge in [-0.25, -0.2) is 0 Å². The van der Waals surface area contributed by atoms with Gasteiger partial charge in [-0.05, 0) is 45.2 Å². The summed E-state index contributed by atoms with van der Waals surface area (Å²) in [7, 11) is 0. The summed E-state index contributed by atoms with van der Waals surface area (Å²) in [4.78, 5) is 2.63. The molecule has 0 unspecified atom stereocenters. The maximum absolute atomic E-state index is 2.63. The molecule has 3 rings (SSSR count). The van der Waals surface area contributed by atoms with E-state index < -0.39 is 0 Å². The molecule has 0 amide bonds. The van der Waals surface area contributed by atoms with E-state index in [0.717, 1.165) is 0 Å². The van der Waals surface area contributed by atoms with Gasteiger partial charge < -0.3 is 4.90 Å². The van der Waals surface area contributed by atoms with Gasteiger partial charge in [0, 0.05) is 23.2 Å². The molecule has 0 N–H and O–H groups in total. The number of anilines is 1. The van der Waals surface area contributed by atoms with Crippen molar-refractivity contribution in [1.82, 2.24) is 0 Å². The molecule has 18 heavy (non-hydrogen) atoms. The average Bonchev–Trinajstić information content (AvgIpc) is 2.66. The molecule has 1 heterocycles. The molecule has 1 spiro atoms. The fourth-order valence-corrected chi connectivity index (χ4v) is 3.89. The van der Waals surface area contributed by atoms with Crippen LogP contribution in [0.5, 0.6) is 0 Å². The first kappa shape index (κ1) is 12.1. The van der Waals surface area contributed by atoms with Crippen molar-refractivity contribution in [3.8, 4) is 0 Å². The van der Waals surface area contributed by atoms with Gasteiger partial charge in [0.05, 0.1) is 0 Å². The molecule has 98 valence electrons. The van der Waals surface area contributed by atoms with Gasteiger partial charge >= 0.3 is 0 Å². The normalized spacial score (nSPS) is 22.3. The summed E-state index contributed by atoms with van der Waals surface area (Å²) in [5.41, 5.74) is 3.81. The van der Waals surface area contributed by atoms with Crippen LogP contribution in [0.4, 0.5) is 5.69 Å². The molecule has 1 fully saturated rings. The predicted molar refractivity (Wildman–Crippen MR) is 78.3 cm³/mol. The molecule has 0 aromatic heterocycles. The van der Waals surface area contributed by atoms with Crippen molar-refractivity contribution in [2.75, 3.05) is 11.4 Å². The van der Waals surface area contributed by atoms with Crippen molar-refractivity contribution in [3.05, 3.63) is 29.8 Å². The first-order valence-corrected chi connectivity index (χ1v) is 7.40. The molecular weight excluding hydrogens is 218 g/mol. The lowest BCUT2D eigenvalue weighted by atomic mass is 9.71. The van der Waals surface area contributed by atoms with Gasteiger partial charge in [-0.3, -0.25) is 0 Å². The lowest BCUT2D eigenvalue weighted by molar-refractivity contribution is 0.299. The highest BCUT2D eigenvalue weighted by Gasteiger charge is 2.45. The number of fused-ring (bicyclic) bond motifs is 2. The monoisotopic (exact) mass is 243 g/mol. The molecule has 1 aromatic rings. The molecule has 0 bridgehead atoms. The van der Waals surface area contributed by atoms with E-state index in [0.29, 0.717) is 5.41 Å². The highest BCUT2D eigenvalue weighted by molar-refractivity contribution is 5.64. The smallest absolute Gasteiger partial charge is 0.0409 e. The van der Waals surface area contributed by atoms with Gasteiger partial charge in [-0.2, -0.15) is 0 Å². The van der Waals surface area contributed by atoms with E-state index >= 15 is 0 Å². The zero-order valence-electron chi connectivity index (χ0n) is 12.0. The third-order valence-electron chi connectivity index (χ3n) is 4.85. The molecule has 2 aliphatic rings. The summed E-state index contributed by atoms with van der Waals surface area (Å²) in [6.07, 6.45) is 7.02. The molecule has 1 aliphatic carbocycles. The van der Waals surface area contributed by atoms with E-state index in [4.69, 9.17) is 0 Å². The van der Waals surface area contributed by atoms with Gasteiger partial charge in [-0.15, -0.1) is 0 Å². The highest BCUT2D eigenvalue weighted by Crippen LogP contribution is 2.50. The summed E-state index contributed by atoms with van der Waals surface area (Å²) in [5.74, 6) is 0. The molecule has 1 heteroatoms. The lowest BCUT2D eigenvalue weighted by Gasteiger charge is -2.39. The van der Waals surface area contributed by atoms with Crippen molar-refractivity contribution in [2.24, 2.45) is 0 Å². The second-order valence-electron chi connectivity index (χ2n) is 7.12. The van der Waals surface area contributed by atoms with Gasteiger partial charge in [0.25, 0.3) is 0 Å². The van der Waals surface area contributed by atoms with Crippen LogP contribution < -0.4 is 4.90 Å². The average molecular weight is 243 g/mol. The van der Waals surface area contributed by atoms with E-state index in [1.54, 1.807) is 5.56 Å². The Hall–Kier alpha value is -0.980. The van der Waals surface area contributed by atoms with E-state index in [2.05, 4.69) is 49.9 Å². The molecule has 1 nitrogen and oxygen atoms in total. The van der Waals surface area contributed by atoms with E-state index in [1.165, 1.54) is 44.3 Å². The summed E-state index contributed by atoms with van der Waals surface area (Å²) < 4.78 is 0. The number of para-hydroxylation sites is 1. The Morgan fingerprint density at radius 1 is 1.00 bits per heavy atom. The lowest BCUT2D eigenvalue weighted by Crippen LogP contribution is -2.44. The standard InChI is InChI=1S/C17H25N/c1-16(2,3)18-13-17(11-7-4-8-12-17)14-9-5-6-10-15(14)18/h5-6,9-10H,4,7-8,11-13H2,1-3H3. The van der Waals surface area contributed by atoms with Crippen LogP contribution in [0, 0.1) is 0 Å². The molecule has 0 atom stereocenters. The number of benzene rings is 1. The predicted octanol–water partition coefficient (Wildman–Crippen LogP) is 4.51. The fourth-order valence-electron chi connectivity index (χ4n) is 3.89. The number of rotatable bonds is 0. The van der Waals surface area contributed by atoms with Gasteiger partial charge in [-0.1, -0.05) is 37.5 Å². The first-order chi connectivity index (χ1) is 8.53. The maximum atomic E-state index is 2.63. The Kier molecular flexibility index (Phi) is 2.69. The van der Waals surface area contributed by atoms with Crippen LogP contribution in [0.1, 0.15) is 58.4 Å². The molecule has 0 radical (unpaired) electrons. The molecule has 1 saturated carbocycles. The third kappa shape index (κ3) is 1.75. The van der Waals surface area contributed by atoms with Crippen molar-refractivity contribution in [1.29, 1.82) is 0 Å². The van der Waals surface area contributed by atoms with E-state index in [1.807, 2.05) is 0 Å². The SMILES string of the molecule is CC(C)(C)N1CC2(CCCCC2)c2ccccc21. The van der Waals surface area contributed by atoms with Crippen LogP contribution in [0.2, 0.25) is 0 Å². The van der Waals surface area contributed by atoms with Gasteiger partial charge in [0.2, 0.25) is 0 Å². The number of hydrogen-bond acceptors (Lipinski definition) is 1. The van der Waals surface area contributed by atoms with Crippen molar-refractivity contribution in [2.45, 2.75) is 63.8 Å². The largest absolute Gasteiger partial charge is 0.366 e. The molecule has 1 aliphatic heterocycles. The van der Waals surface area contributed by atoms with Crippen LogP contribution >= 0.6 is 0 Å². The summed E-state index contributed by atoms with van der Waals surface area (Å²) >= 11 is 0. The first-order valence-electron chi connectivity index (χ1n) is 7.40. The van der Waals surface area contributed by atoms with Crippen LogP contribution in [-0.4, -0.2) is 12.1 Å². The maximum Gasteiger partial charge on any atom is 0.0409 e. The zero-order chi connectivity index (χ0) is 12.8. The van der Waals surface area contributed by atoms with Gasteiger partial charge in [0.1, 0.15) is 0 Å². The van der Waals surface area contributed by atoms with Crippen molar-refractivity contribution < 1.29 is 0 Å². The van der Waals surface area contributed by atoms with Crippen molar-refractivity contribution >= 4 is 5.69 Å². The van der Waals surface area contributed by atoms with Crippen LogP contribution in [0.25, 0.3) is 0 Å². The molecule has 1 aromatic carbocycles. The Bertz CT molecular complexity index is 435. The second-order valence-corrected chi connectivity index (χ2v) is 7.12. The minimum atomic E-state index is 0.233. The summed E-state index contributed by atoms with van der Waals surface area (Å²) in [5, 5.41) is 0. The second kappa shape index (κ2) is 4.01. The topological polar surface area (TPSA) is 3.24 Å². The quantitative estimate of drug-likeness (QED) is 0.648. The summed E-state index contributed by atoms with van der Waals surface area (Å²) in [6, 6.07) is 9.12.